The molecule has 0 unspecified atom stereocenters. The highest BCUT2D eigenvalue weighted by Gasteiger charge is 2.33. The number of allylic oxidation sites excluding steroid dienone is 1. The van der Waals surface area contributed by atoms with E-state index in [0.717, 1.165) is 55.0 Å². The van der Waals surface area contributed by atoms with Gasteiger partial charge in [0.15, 0.2) is 0 Å². The summed E-state index contributed by atoms with van der Waals surface area (Å²) in [6.07, 6.45) is 4.80. The molecule has 2 aliphatic heterocycles. The van der Waals surface area contributed by atoms with Crippen molar-refractivity contribution in [1.29, 1.82) is 0 Å². The van der Waals surface area contributed by atoms with E-state index in [1.165, 1.54) is 25.0 Å². The van der Waals surface area contributed by atoms with Crippen molar-refractivity contribution in [3.8, 4) is 0 Å². The quantitative estimate of drug-likeness (QED) is 0.660. The van der Waals surface area contributed by atoms with Crippen LogP contribution in [0.5, 0.6) is 0 Å². The Labute approximate surface area is 180 Å². The van der Waals surface area contributed by atoms with E-state index in [4.69, 9.17) is 0 Å². The predicted molar refractivity (Wildman–Crippen MR) is 118 cm³/mol. The second-order valence-corrected chi connectivity index (χ2v) is 8.63. The van der Waals surface area contributed by atoms with E-state index in [-0.39, 0.29) is 17.6 Å². The van der Waals surface area contributed by atoms with E-state index >= 15 is 0 Å². The number of aromatic nitrogens is 1. The van der Waals surface area contributed by atoms with Gasteiger partial charge >= 0.3 is 0 Å². The standard InChI is InChI=1S/C24H27FN4O2/c1-14-20(23(30)26-9-12-29-10-2-3-11-29)16-5-4-6-17(22(16)27-14)21-18-13-15(25)7-8-19(18)28-24(21)31/h7-8,13,27H,2-6,9-12H2,1H3,(H,26,30)(H,28,31). The van der Waals surface area contributed by atoms with Crippen molar-refractivity contribution in [3.63, 3.8) is 0 Å². The first kappa shape index (κ1) is 20.0. The molecular weight excluding hydrogens is 395 g/mol. The largest absolute Gasteiger partial charge is 0.358 e. The number of carbonyl (C=O) groups excluding carboxylic acids is 2. The molecule has 3 aliphatic rings. The van der Waals surface area contributed by atoms with E-state index in [0.29, 0.717) is 35.4 Å². The number of nitrogens with zero attached hydrogens (tertiary/aromatic N) is 1. The number of aromatic amines is 1. The minimum Gasteiger partial charge on any atom is -0.358 e. The Balaban J connectivity index is 1.46. The van der Waals surface area contributed by atoms with Gasteiger partial charge in [-0.2, -0.15) is 0 Å². The van der Waals surface area contributed by atoms with Crippen molar-refractivity contribution in [2.75, 3.05) is 31.5 Å². The van der Waals surface area contributed by atoms with Crippen LogP contribution >= 0.6 is 0 Å². The van der Waals surface area contributed by atoms with Crippen LogP contribution in [0.1, 0.15) is 58.6 Å². The summed E-state index contributed by atoms with van der Waals surface area (Å²) in [6, 6.07) is 4.35. The first-order valence-electron chi connectivity index (χ1n) is 11.1. The Kier molecular flexibility index (Phi) is 5.14. The number of hydrogen-bond donors (Lipinski definition) is 3. The second kappa shape index (κ2) is 7.96. The zero-order chi connectivity index (χ0) is 21.5. The van der Waals surface area contributed by atoms with E-state index in [1.54, 1.807) is 6.07 Å². The van der Waals surface area contributed by atoms with Gasteiger partial charge in [-0.25, -0.2) is 4.39 Å². The molecule has 0 spiro atoms. The summed E-state index contributed by atoms with van der Waals surface area (Å²) >= 11 is 0. The predicted octanol–water partition coefficient (Wildman–Crippen LogP) is 3.49. The van der Waals surface area contributed by atoms with E-state index in [2.05, 4.69) is 20.5 Å². The molecule has 1 aromatic heterocycles. The molecule has 1 aromatic carbocycles. The molecule has 7 heteroatoms. The lowest BCUT2D eigenvalue weighted by Crippen LogP contribution is -2.34. The summed E-state index contributed by atoms with van der Waals surface area (Å²) in [5.74, 6) is -0.653. The van der Waals surface area contributed by atoms with Crippen LogP contribution in [0.25, 0.3) is 11.1 Å². The van der Waals surface area contributed by atoms with Crippen molar-refractivity contribution >= 4 is 28.6 Å². The summed E-state index contributed by atoms with van der Waals surface area (Å²) in [5.41, 5.74) is 5.90. The zero-order valence-corrected chi connectivity index (χ0v) is 17.7. The van der Waals surface area contributed by atoms with Crippen LogP contribution in [0.2, 0.25) is 0 Å². The molecule has 2 aromatic rings. The Morgan fingerprint density at radius 2 is 2.00 bits per heavy atom. The molecule has 3 N–H and O–H groups in total. The molecule has 0 radical (unpaired) electrons. The number of carbonyl (C=O) groups is 2. The second-order valence-electron chi connectivity index (χ2n) is 8.63. The molecule has 2 amide bonds. The Morgan fingerprint density at radius 1 is 1.19 bits per heavy atom. The SMILES string of the molecule is Cc1[nH]c2c(c1C(=O)NCCN1CCCC1)CCCC2=C1C(=O)Nc2ccc(F)cc21. The molecule has 1 aliphatic carbocycles. The highest BCUT2D eigenvalue weighted by atomic mass is 19.1. The van der Waals surface area contributed by atoms with E-state index < -0.39 is 0 Å². The lowest BCUT2D eigenvalue weighted by atomic mass is 9.86. The fourth-order valence-electron chi connectivity index (χ4n) is 5.17. The fraction of sp³-hybridized carbons (Fsp3) is 0.417. The van der Waals surface area contributed by atoms with Crippen LogP contribution < -0.4 is 10.6 Å². The number of halogens is 1. The van der Waals surface area contributed by atoms with Gasteiger partial charge in [-0.3, -0.25) is 9.59 Å². The minimum absolute atomic E-state index is 0.0669. The molecular formula is C24H27FN4O2. The molecule has 3 heterocycles. The number of fused-ring (bicyclic) bond motifs is 2. The molecule has 1 fully saturated rings. The van der Waals surface area contributed by atoms with Crippen LogP contribution in [-0.4, -0.2) is 47.9 Å². The first-order chi connectivity index (χ1) is 15.0. The third-order valence-corrected chi connectivity index (χ3v) is 6.61. The van der Waals surface area contributed by atoms with Crippen LogP contribution in [-0.2, 0) is 11.2 Å². The lowest BCUT2D eigenvalue weighted by molar-refractivity contribution is -0.110. The Hall–Kier alpha value is -2.93. The van der Waals surface area contributed by atoms with E-state index in [9.17, 15) is 14.0 Å². The summed E-state index contributed by atoms with van der Waals surface area (Å²) in [5, 5.41) is 5.91. The van der Waals surface area contributed by atoms with Crippen LogP contribution in [0.4, 0.5) is 10.1 Å². The van der Waals surface area contributed by atoms with Gasteiger partial charge in [0.2, 0.25) is 0 Å². The number of H-pyrrole nitrogens is 1. The lowest BCUT2D eigenvalue weighted by Gasteiger charge is -2.19. The summed E-state index contributed by atoms with van der Waals surface area (Å²) in [7, 11) is 0. The molecule has 0 bridgehead atoms. The van der Waals surface area contributed by atoms with Crippen molar-refractivity contribution < 1.29 is 14.0 Å². The molecule has 0 atom stereocenters. The summed E-state index contributed by atoms with van der Waals surface area (Å²) < 4.78 is 13.9. The number of hydrogen-bond acceptors (Lipinski definition) is 3. The van der Waals surface area contributed by atoms with Crippen molar-refractivity contribution in [2.24, 2.45) is 0 Å². The van der Waals surface area contributed by atoms with E-state index in [1.807, 2.05) is 6.92 Å². The molecule has 31 heavy (non-hydrogen) atoms. The topological polar surface area (TPSA) is 77.2 Å². The highest BCUT2D eigenvalue weighted by molar-refractivity contribution is 6.36. The molecule has 1 saturated heterocycles. The van der Waals surface area contributed by atoms with Gasteiger partial charge in [0.25, 0.3) is 11.8 Å². The number of anilines is 1. The average molecular weight is 423 g/mol. The Bertz CT molecular complexity index is 1100. The number of likely N-dealkylation sites (tertiary alicyclic amines) is 1. The molecule has 6 nitrogen and oxygen atoms in total. The third-order valence-electron chi connectivity index (χ3n) is 6.61. The maximum absolute atomic E-state index is 13.9. The number of rotatable bonds is 4. The van der Waals surface area contributed by atoms with Crippen LogP contribution in [0, 0.1) is 12.7 Å². The average Bonchev–Trinajstić information content (AvgIpc) is 3.44. The summed E-state index contributed by atoms with van der Waals surface area (Å²) in [4.78, 5) is 31.5. The third kappa shape index (κ3) is 3.57. The fourth-order valence-corrected chi connectivity index (χ4v) is 5.17. The smallest absolute Gasteiger partial charge is 0.256 e. The van der Waals surface area contributed by atoms with Gasteiger partial charge in [-0.1, -0.05) is 0 Å². The number of benzene rings is 1. The molecule has 5 rings (SSSR count). The molecule has 0 saturated carbocycles. The first-order valence-corrected chi connectivity index (χ1v) is 11.1. The van der Waals surface area contributed by atoms with Gasteiger partial charge in [0.1, 0.15) is 5.82 Å². The van der Waals surface area contributed by atoms with Crippen molar-refractivity contribution in [3.05, 3.63) is 52.1 Å². The maximum Gasteiger partial charge on any atom is 0.256 e. The monoisotopic (exact) mass is 422 g/mol. The summed E-state index contributed by atoms with van der Waals surface area (Å²) in [6.45, 7) is 5.61. The highest BCUT2D eigenvalue weighted by Crippen LogP contribution is 2.43. The maximum atomic E-state index is 13.9. The normalized spacial score (nSPS) is 20.5. The Morgan fingerprint density at radius 3 is 2.81 bits per heavy atom. The van der Waals surface area contributed by atoms with Gasteiger partial charge in [0, 0.05) is 35.7 Å². The number of nitrogens with one attached hydrogen (secondary N) is 3. The zero-order valence-electron chi connectivity index (χ0n) is 17.7. The van der Waals surface area contributed by atoms with Gasteiger partial charge < -0.3 is 20.5 Å². The van der Waals surface area contributed by atoms with Crippen molar-refractivity contribution in [2.45, 2.75) is 39.0 Å². The number of amides is 2. The molecule has 162 valence electrons. The van der Waals surface area contributed by atoms with Crippen LogP contribution in [0.3, 0.4) is 0 Å². The van der Waals surface area contributed by atoms with Crippen molar-refractivity contribution in [1.82, 2.24) is 15.2 Å². The van der Waals surface area contributed by atoms with Gasteiger partial charge in [-0.15, -0.1) is 0 Å². The van der Waals surface area contributed by atoms with Crippen LogP contribution in [0.15, 0.2) is 18.2 Å². The minimum atomic E-state index is -0.370. The van der Waals surface area contributed by atoms with Gasteiger partial charge in [-0.05, 0) is 81.5 Å². The van der Waals surface area contributed by atoms with Gasteiger partial charge in [0.05, 0.1) is 11.1 Å². The number of aryl methyl sites for hydroxylation is 1.